The molecule has 10 nitrogen and oxygen atoms in total. The number of esters is 3. The second-order valence-corrected chi connectivity index (χ2v) is 11.2. The summed E-state index contributed by atoms with van der Waals surface area (Å²) in [6.07, 6.45) is -0.231. The summed E-state index contributed by atoms with van der Waals surface area (Å²) in [5.41, 5.74) is 0.373. The van der Waals surface area contributed by atoms with Crippen LogP contribution in [-0.2, 0) is 40.4 Å². The van der Waals surface area contributed by atoms with E-state index in [-0.39, 0.29) is 18.2 Å². The zero-order valence-corrected chi connectivity index (χ0v) is 23.4. The number of hydrogen-bond acceptors (Lipinski definition) is 10. The lowest BCUT2D eigenvalue weighted by atomic mass is 9.50. The Morgan fingerprint density at radius 3 is 2.56 bits per heavy atom. The second kappa shape index (κ2) is 9.88. The number of carbonyl (C=O) groups is 3. The van der Waals surface area contributed by atoms with Crippen molar-refractivity contribution in [3.8, 4) is 11.5 Å². The minimum Gasteiger partial charge on any atom is -0.493 e. The molecule has 4 aliphatic rings. The van der Waals surface area contributed by atoms with Crippen molar-refractivity contribution in [2.75, 3.05) is 20.7 Å². The number of ether oxygens (including phenoxy) is 5. The summed E-state index contributed by atoms with van der Waals surface area (Å²) in [7, 11) is 3.59. The maximum atomic E-state index is 13.7. The van der Waals surface area contributed by atoms with Gasteiger partial charge in [0.15, 0.2) is 23.7 Å². The Morgan fingerprint density at radius 2 is 1.85 bits per heavy atom. The summed E-state index contributed by atoms with van der Waals surface area (Å²) < 4.78 is 28.7. The Labute approximate surface area is 237 Å². The first-order valence-electron chi connectivity index (χ1n) is 13.7. The van der Waals surface area contributed by atoms with Crippen LogP contribution in [0.2, 0.25) is 0 Å². The predicted molar refractivity (Wildman–Crippen MR) is 144 cm³/mol. The van der Waals surface area contributed by atoms with E-state index >= 15 is 0 Å². The first-order valence-corrected chi connectivity index (χ1v) is 13.7. The quantitative estimate of drug-likeness (QED) is 0.398. The number of aliphatic hydroxyl groups is 1. The molecule has 6 rings (SSSR count). The average Bonchev–Trinajstić information content (AvgIpc) is 3.31. The molecule has 0 amide bonds. The Bertz CT molecular complexity index is 1440. The number of benzene rings is 2. The molecular formula is C31H33NO9. The Morgan fingerprint density at radius 1 is 1.10 bits per heavy atom. The summed E-state index contributed by atoms with van der Waals surface area (Å²) >= 11 is 0. The van der Waals surface area contributed by atoms with Gasteiger partial charge in [-0.25, -0.2) is 9.59 Å². The lowest BCUT2D eigenvalue weighted by molar-refractivity contribution is -0.181. The van der Waals surface area contributed by atoms with Gasteiger partial charge in [0.25, 0.3) is 0 Å². The van der Waals surface area contributed by atoms with E-state index in [2.05, 4.69) is 4.90 Å². The molecule has 10 heteroatoms. The Hall–Kier alpha value is -3.89. The standard InChI is InChI=1S/C31H33NO9/c1-17(38-18(2)33)28(34)41-25(19-8-6-5-7-9-19)29(35)39-22-12-13-31(36)23-16-20-10-11-21(37-4)26-24(20)30(31,27(22)40-26)14-15-32(23)3/h5-12,17,23,25,27,36H,13-16H2,1-4H3/t17-,23+,25-,27-,30-,31+/m0/s1. The van der Waals surface area contributed by atoms with Crippen LogP contribution in [0.1, 0.15) is 49.5 Å². The van der Waals surface area contributed by atoms with Crippen molar-refractivity contribution in [2.24, 2.45) is 0 Å². The Balaban J connectivity index is 1.36. The van der Waals surface area contributed by atoms with Gasteiger partial charge in [0, 0.05) is 30.5 Å². The van der Waals surface area contributed by atoms with Gasteiger partial charge in [-0.3, -0.25) is 4.79 Å². The van der Waals surface area contributed by atoms with Gasteiger partial charge in [0.1, 0.15) is 5.76 Å². The molecular weight excluding hydrogens is 530 g/mol. The van der Waals surface area contributed by atoms with E-state index in [0.29, 0.717) is 29.9 Å². The number of likely N-dealkylation sites (N-methyl/N-ethyl adjacent to an activating group) is 1. The molecule has 6 atom stereocenters. The lowest BCUT2D eigenvalue weighted by Gasteiger charge is -2.61. The minimum atomic E-state index is -1.42. The van der Waals surface area contributed by atoms with Crippen LogP contribution in [0.25, 0.3) is 0 Å². The molecule has 2 aromatic carbocycles. The van der Waals surface area contributed by atoms with Crippen LogP contribution in [0.5, 0.6) is 11.5 Å². The monoisotopic (exact) mass is 563 g/mol. The van der Waals surface area contributed by atoms with Crippen LogP contribution in [0.15, 0.2) is 54.3 Å². The molecule has 1 saturated heterocycles. The molecule has 0 unspecified atom stereocenters. The molecule has 1 spiro atoms. The van der Waals surface area contributed by atoms with E-state index in [1.165, 1.54) is 13.8 Å². The van der Waals surface area contributed by atoms with E-state index in [9.17, 15) is 19.5 Å². The van der Waals surface area contributed by atoms with Crippen LogP contribution in [0.4, 0.5) is 0 Å². The molecule has 1 fully saturated rings. The fraction of sp³-hybridized carbons (Fsp3) is 0.452. The fourth-order valence-electron chi connectivity index (χ4n) is 7.15. The smallest absolute Gasteiger partial charge is 0.357 e. The summed E-state index contributed by atoms with van der Waals surface area (Å²) in [5, 5.41) is 12.4. The van der Waals surface area contributed by atoms with Gasteiger partial charge in [-0.2, -0.15) is 0 Å². The molecule has 216 valence electrons. The lowest BCUT2D eigenvalue weighted by Crippen LogP contribution is -2.74. The van der Waals surface area contributed by atoms with Crippen molar-refractivity contribution in [2.45, 2.75) is 68.5 Å². The number of hydrogen-bond donors (Lipinski definition) is 1. The summed E-state index contributed by atoms with van der Waals surface area (Å²) in [4.78, 5) is 40.1. The predicted octanol–water partition coefficient (Wildman–Crippen LogP) is 2.75. The zero-order valence-electron chi connectivity index (χ0n) is 23.4. The van der Waals surface area contributed by atoms with Crippen molar-refractivity contribution in [3.63, 3.8) is 0 Å². The second-order valence-electron chi connectivity index (χ2n) is 11.2. The molecule has 1 N–H and O–H groups in total. The van der Waals surface area contributed by atoms with Crippen LogP contribution in [0.3, 0.4) is 0 Å². The SMILES string of the molecule is COc1ccc2c3c1O[C@H]1C(OC(=O)[C@@H](OC(=O)[C@H](C)OC(C)=O)c4ccccc4)=CC[C@@]4(O)[C@@H](C2)N(C)CC[C@]314. The highest BCUT2D eigenvalue weighted by Crippen LogP contribution is 2.65. The molecule has 0 radical (unpaired) electrons. The molecule has 0 aromatic heterocycles. The number of nitrogens with zero attached hydrogens (tertiary/aromatic N) is 1. The third kappa shape index (κ3) is 4.03. The van der Waals surface area contributed by atoms with Crippen molar-refractivity contribution in [1.82, 2.24) is 4.90 Å². The Kier molecular flexibility index (Phi) is 6.58. The van der Waals surface area contributed by atoms with Crippen molar-refractivity contribution in [1.29, 1.82) is 0 Å². The van der Waals surface area contributed by atoms with E-state index in [0.717, 1.165) is 17.7 Å². The summed E-state index contributed by atoms with van der Waals surface area (Å²) in [6.45, 7) is 3.28. The highest BCUT2D eigenvalue weighted by molar-refractivity contribution is 5.84. The van der Waals surface area contributed by atoms with Gasteiger partial charge >= 0.3 is 17.9 Å². The van der Waals surface area contributed by atoms with Gasteiger partial charge in [-0.1, -0.05) is 36.4 Å². The summed E-state index contributed by atoms with van der Waals surface area (Å²) in [6, 6.07) is 12.2. The number of likely N-dealkylation sites (tertiary alicyclic amines) is 1. The van der Waals surface area contributed by atoms with Crippen LogP contribution < -0.4 is 9.47 Å². The molecule has 0 saturated carbocycles. The van der Waals surface area contributed by atoms with Gasteiger partial charge in [-0.05, 0) is 51.1 Å². The average molecular weight is 564 g/mol. The normalized spacial score (nSPS) is 28.8. The zero-order chi connectivity index (χ0) is 29.1. The number of piperidine rings is 1. The molecule has 2 aliphatic heterocycles. The van der Waals surface area contributed by atoms with Crippen molar-refractivity contribution >= 4 is 17.9 Å². The van der Waals surface area contributed by atoms with E-state index in [1.54, 1.807) is 43.5 Å². The third-order valence-corrected chi connectivity index (χ3v) is 9.00. The molecule has 2 aromatic rings. The van der Waals surface area contributed by atoms with Crippen LogP contribution in [0, 0.1) is 0 Å². The van der Waals surface area contributed by atoms with Gasteiger partial charge in [-0.15, -0.1) is 0 Å². The van der Waals surface area contributed by atoms with E-state index in [1.807, 2.05) is 19.2 Å². The fourth-order valence-corrected chi connectivity index (χ4v) is 7.15. The topological polar surface area (TPSA) is 121 Å². The molecule has 2 bridgehead atoms. The van der Waals surface area contributed by atoms with Crippen molar-refractivity contribution < 1.29 is 43.2 Å². The van der Waals surface area contributed by atoms with E-state index in [4.69, 9.17) is 23.7 Å². The van der Waals surface area contributed by atoms with Gasteiger partial charge < -0.3 is 33.7 Å². The maximum absolute atomic E-state index is 13.7. The van der Waals surface area contributed by atoms with Gasteiger partial charge in [0.2, 0.25) is 6.10 Å². The number of carbonyl (C=O) groups excluding carboxylic acids is 3. The minimum absolute atomic E-state index is 0.150. The molecule has 2 aliphatic carbocycles. The highest BCUT2D eigenvalue weighted by Gasteiger charge is 2.72. The van der Waals surface area contributed by atoms with Gasteiger partial charge in [0.05, 0.1) is 18.1 Å². The van der Waals surface area contributed by atoms with Crippen LogP contribution in [-0.4, -0.2) is 72.5 Å². The van der Waals surface area contributed by atoms with Crippen LogP contribution >= 0.6 is 0 Å². The first kappa shape index (κ1) is 27.3. The molecule has 41 heavy (non-hydrogen) atoms. The summed E-state index contributed by atoms with van der Waals surface area (Å²) in [5.74, 6) is -1.02. The number of methoxy groups -OCH3 is 1. The third-order valence-electron chi connectivity index (χ3n) is 9.00. The van der Waals surface area contributed by atoms with Crippen molar-refractivity contribution in [3.05, 3.63) is 71.0 Å². The molecule has 2 heterocycles. The first-order chi connectivity index (χ1) is 19.6. The highest BCUT2D eigenvalue weighted by atomic mass is 16.6. The maximum Gasteiger partial charge on any atom is 0.357 e. The largest absolute Gasteiger partial charge is 0.493 e. The van der Waals surface area contributed by atoms with E-state index < -0.39 is 47.2 Å². The number of rotatable bonds is 7.